The summed E-state index contributed by atoms with van der Waals surface area (Å²) in [6.07, 6.45) is 2.45. The van der Waals surface area contributed by atoms with Gasteiger partial charge < -0.3 is 0 Å². The maximum Gasteiger partial charge on any atom is 0.0680 e. The van der Waals surface area contributed by atoms with E-state index in [-0.39, 0.29) is 0 Å². The summed E-state index contributed by atoms with van der Waals surface area (Å²) >= 11 is 0. The van der Waals surface area contributed by atoms with Crippen LogP contribution in [-0.4, -0.2) is 12.6 Å². The average Bonchev–Trinajstić information content (AvgIpc) is 1.69. The topological polar surface area (TPSA) is 24.7 Å². The van der Waals surface area contributed by atoms with Crippen molar-refractivity contribution in [2.75, 3.05) is 6.54 Å². The van der Waals surface area contributed by atoms with Crippen LogP contribution in [0.4, 0.5) is 0 Å². The molecule has 0 bridgehead atoms. The summed E-state index contributed by atoms with van der Waals surface area (Å²) in [6, 6.07) is 0.494. The lowest BCUT2D eigenvalue weighted by molar-refractivity contribution is 0.543. The zero-order chi connectivity index (χ0) is 5.11. The third-order valence-electron chi connectivity index (χ3n) is 1.16. The van der Waals surface area contributed by atoms with Gasteiger partial charge in [-0.2, -0.15) is 10.2 Å². The van der Waals surface area contributed by atoms with Crippen LogP contribution in [0.1, 0.15) is 19.8 Å². The lowest BCUT2D eigenvalue weighted by atomic mass is 10.2. The average molecular weight is 98.1 g/mol. The van der Waals surface area contributed by atoms with Crippen molar-refractivity contribution < 1.29 is 0 Å². The Bertz CT molecular complexity index is 78.1. The quantitative estimate of drug-likeness (QED) is 0.440. The van der Waals surface area contributed by atoms with E-state index in [4.69, 9.17) is 0 Å². The molecule has 1 aliphatic rings. The Morgan fingerprint density at radius 1 is 1.57 bits per heavy atom. The van der Waals surface area contributed by atoms with Gasteiger partial charge in [-0.3, -0.25) is 0 Å². The molecule has 0 spiro atoms. The number of hydrogen-bond donors (Lipinski definition) is 0. The highest BCUT2D eigenvalue weighted by atomic mass is 15.1. The molecule has 1 rings (SSSR count). The van der Waals surface area contributed by atoms with Crippen LogP contribution >= 0.6 is 0 Å². The van der Waals surface area contributed by atoms with Gasteiger partial charge in [-0.05, 0) is 19.8 Å². The smallest absolute Gasteiger partial charge is 0.0680 e. The van der Waals surface area contributed by atoms with Crippen LogP contribution < -0.4 is 0 Å². The second-order valence-corrected chi connectivity index (χ2v) is 1.97. The van der Waals surface area contributed by atoms with Gasteiger partial charge in [0, 0.05) is 0 Å². The van der Waals surface area contributed by atoms with E-state index < -0.39 is 0 Å². The van der Waals surface area contributed by atoms with Crippen molar-refractivity contribution in [2.24, 2.45) is 10.2 Å². The second kappa shape index (κ2) is 2.05. The van der Waals surface area contributed by atoms with Gasteiger partial charge in [0.1, 0.15) is 0 Å². The molecule has 0 aromatic rings. The van der Waals surface area contributed by atoms with Gasteiger partial charge in [0.05, 0.1) is 12.6 Å². The van der Waals surface area contributed by atoms with Crippen molar-refractivity contribution >= 4 is 0 Å². The standard InChI is InChI=1S/C5H10N2/c1-5-3-2-4-6-7-5/h5H,2-4H2,1H3. The van der Waals surface area contributed by atoms with E-state index in [9.17, 15) is 0 Å². The third kappa shape index (κ3) is 1.26. The van der Waals surface area contributed by atoms with E-state index in [1.54, 1.807) is 0 Å². The number of azo groups is 1. The molecule has 2 heteroatoms. The third-order valence-corrected chi connectivity index (χ3v) is 1.16. The molecule has 0 aliphatic carbocycles. The van der Waals surface area contributed by atoms with Gasteiger partial charge in [-0.1, -0.05) is 0 Å². The first kappa shape index (κ1) is 4.75. The van der Waals surface area contributed by atoms with E-state index in [0.29, 0.717) is 6.04 Å². The maximum absolute atomic E-state index is 3.95. The molecule has 0 fully saturated rings. The van der Waals surface area contributed by atoms with Gasteiger partial charge in [-0.15, -0.1) is 0 Å². The highest BCUT2D eigenvalue weighted by Crippen LogP contribution is 2.06. The second-order valence-electron chi connectivity index (χ2n) is 1.97. The van der Waals surface area contributed by atoms with Gasteiger partial charge in [-0.25, -0.2) is 0 Å². The SMILES string of the molecule is CC1CCCN=N1. The van der Waals surface area contributed by atoms with Crippen molar-refractivity contribution in [1.82, 2.24) is 0 Å². The zero-order valence-corrected chi connectivity index (χ0v) is 4.59. The summed E-state index contributed by atoms with van der Waals surface area (Å²) in [5.74, 6) is 0. The molecule has 7 heavy (non-hydrogen) atoms. The van der Waals surface area contributed by atoms with Gasteiger partial charge in [0.25, 0.3) is 0 Å². The first-order valence-electron chi connectivity index (χ1n) is 2.76. The predicted octanol–water partition coefficient (Wildman–Crippen LogP) is 1.62. The highest BCUT2D eigenvalue weighted by Gasteiger charge is 2.01. The first-order valence-corrected chi connectivity index (χ1v) is 2.76. The summed E-state index contributed by atoms with van der Waals surface area (Å²) < 4.78 is 0. The van der Waals surface area contributed by atoms with Crippen molar-refractivity contribution in [3.63, 3.8) is 0 Å². The molecule has 1 atom stereocenters. The fourth-order valence-corrected chi connectivity index (χ4v) is 0.712. The van der Waals surface area contributed by atoms with E-state index in [1.807, 2.05) is 0 Å². The Morgan fingerprint density at radius 2 is 2.43 bits per heavy atom. The minimum Gasteiger partial charge on any atom is -0.194 e. The first-order chi connectivity index (χ1) is 3.39. The van der Waals surface area contributed by atoms with Crippen molar-refractivity contribution in [2.45, 2.75) is 25.8 Å². The molecule has 40 valence electrons. The summed E-state index contributed by atoms with van der Waals surface area (Å²) in [6.45, 7) is 3.05. The zero-order valence-electron chi connectivity index (χ0n) is 4.59. The Morgan fingerprint density at radius 3 is 2.71 bits per heavy atom. The normalized spacial score (nSPS) is 30.7. The van der Waals surface area contributed by atoms with Crippen LogP contribution in [0.2, 0.25) is 0 Å². The summed E-state index contributed by atoms with van der Waals surface area (Å²) in [5, 5.41) is 7.84. The van der Waals surface area contributed by atoms with E-state index in [0.717, 1.165) is 6.54 Å². The van der Waals surface area contributed by atoms with Crippen molar-refractivity contribution in [3.8, 4) is 0 Å². The van der Waals surface area contributed by atoms with E-state index in [2.05, 4.69) is 17.2 Å². The summed E-state index contributed by atoms with van der Waals surface area (Å²) in [4.78, 5) is 0. The van der Waals surface area contributed by atoms with Crippen LogP contribution in [0.25, 0.3) is 0 Å². The van der Waals surface area contributed by atoms with E-state index >= 15 is 0 Å². The molecular formula is C5H10N2. The van der Waals surface area contributed by atoms with Crippen LogP contribution in [0.5, 0.6) is 0 Å². The minimum atomic E-state index is 0.494. The number of rotatable bonds is 0. The monoisotopic (exact) mass is 98.1 g/mol. The Labute approximate surface area is 43.6 Å². The van der Waals surface area contributed by atoms with Crippen LogP contribution in [0, 0.1) is 0 Å². The molecule has 1 aliphatic heterocycles. The summed E-state index contributed by atoms with van der Waals surface area (Å²) in [5.41, 5.74) is 0. The largest absolute Gasteiger partial charge is 0.194 e. The summed E-state index contributed by atoms with van der Waals surface area (Å²) in [7, 11) is 0. The molecule has 1 heterocycles. The van der Waals surface area contributed by atoms with Crippen molar-refractivity contribution in [1.29, 1.82) is 0 Å². The van der Waals surface area contributed by atoms with Crippen LogP contribution in [0.15, 0.2) is 10.2 Å². The van der Waals surface area contributed by atoms with Crippen LogP contribution in [0.3, 0.4) is 0 Å². The fraction of sp³-hybridized carbons (Fsp3) is 1.00. The lowest BCUT2D eigenvalue weighted by Crippen LogP contribution is -2.02. The molecule has 0 aromatic carbocycles. The Kier molecular flexibility index (Phi) is 1.39. The minimum absolute atomic E-state index is 0.494. The highest BCUT2D eigenvalue weighted by molar-refractivity contribution is 4.62. The fourth-order valence-electron chi connectivity index (χ4n) is 0.712. The molecule has 1 unspecified atom stereocenters. The van der Waals surface area contributed by atoms with Crippen LogP contribution in [-0.2, 0) is 0 Å². The van der Waals surface area contributed by atoms with Gasteiger partial charge >= 0.3 is 0 Å². The van der Waals surface area contributed by atoms with Gasteiger partial charge in [0.2, 0.25) is 0 Å². The van der Waals surface area contributed by atoms with Crippen molar-refractivity contribution in [3.05, 3.63) is 0 Å². The molecule has 0 radical (unpaired) electrons. The number of nitrogens with zero attached hydrogens (tertiary/aromatic N) is 2. The Balaban J connectivity index is 2.36. The molecular weight excluding hydrogens is 88.1 g/mol. The molecule has 0 amide bonds. The number of hydrogen-bond acceptors (Lipinski definition) is 2. The lowest BCUT2D eigenvalue weighted by Gasteiger charge is -2.06. The maximum atomic E-state index is 3.95. The molecule has 2 nitrogen and oxygen atoms in total. The molecule has 0 saturated carbocycles. The molecule has 0 aromatic heterocycles. The molecule has 0 saturated heterocycles. The Hall–Kier alpha value is -0.400. The predicted molar refractivity (Wildman–Crippen MR) is 28.4 cm³/mol. The van der Waals surface area contributed by atoms with Gasteiger partial charge in [0.15, 0.2) is 0 Å². The molecule has 0 N–H and O–H groups in total. The van der Waals surface area contributed by atoms with E-state index in [1.165, 1.54) is 12.8 Å².